The molecule has 0 amide bonds. The van der Waals surface area contributed by atoms with Gasteiger partial charge < -0.3 is 15.6 Å². The highest BCUT2D eigenvalue weighted by atomic mass is 16.5. The van der Waals surface area contributed by atoms with Crippen LogP contribution >= 0.6 is 0 Å². The Morgan fingerprint density at radius 1 is 0.944 bits per heavy atom. The van der Waals surface area contributed by atoms with E-state index in [1.54, 1.807) is 0 Å². The normalized spacial score (nSPS) is 12.1. The highest BCUT2D eigenvalue weighted by molar-refractivity contribution is 5.63. The first-order valence-electron chi connectivity index (χ1n) is 5.96. The van der Waals surface area contributed by atoms with Crippen LogP contribution in [0.3, 0.4) is 0 Å². The zero-order valence-corrected chi connectivity index (χ0v) is 10.1. The van der Waals surface area contributed by atoms with E-state index >= 15 is 0 Å². The predicted molar refractivity (Wildman–Crippen MR) is 72.4 cm³/mol. The number of nitrogens with two attached hydrogens (primary N) is 1. The van der Waals surface area contributed by atoms with Crippen LogP contribution in [-0.2, 0) is 0 Å². The third-order valence-corrected chi connectivity index (χ3v) is 2.68. The minimum Gasteiger partial charge on any atom is -0.491 e. The van der Waals surface area contributed by atoms with E-state index in [2.05, 4.69) is 12.1 Å². The molecule has 1 atom stereocenters. The molecule has 0 aliphatic heterocycles. The molecule has 3 nitrogen and oxygen atoms in total. The second-order valence-electron chi connectivity index (χ2n) is 4.09. The Kier molecular flexibility index (Phi) is 4.34. The Labute approximate surface area is 107 Å². The number of aliphatic hydroxyl groups is 1. The van der Waals surface area contributed by atoms with Crippen molar-refractivity contribution in [3.8, 4) is 16.9 Å². The zero-order chi connectivity index (χ0) is 12.8. The molecule has 0 heterocycles. The summed E-state index contributed by atoms with van der Waals surface area (Å²) >= 11 is 0. The second-order valence-corrected chi connectivity index (χ2v) is 4.09. The van der Waals surface area contributed by atoms with Crippen molar-refractivity contribution in [2.45, 2.75) is 6.10 Å². The standard InChI is InChI=1S/C15H17NO2/c16-10-14(17)11-18-15-8-6-13(7-9-15)12-4-2-1-3-5-12/h1-9,14,17H,10-11,16H2. The molecule has 0 fully saturated rings. The second kappa shape index (κ2) is 6.19. The summed E-state index contributed by atoms with van der Waals surface area (Å²) in [5.74, 6) is 0.738. The van der Waals surface area contributed by atoms with Gasteiger partial charge in [0, 0.05) is 6.54 Å². The van der Waals surface area contributed by atoms with Gasteiger partial charge in [0.05, 0.1) is 0 Å². The molecule has 0 bridgehead atoms. The lowest BCUT2D eigenvalue weighted by molar-refractivity contribution is 0.114. The molecule has 2 rings (SSSR count). The van der Waals surface area contributed by atoms with Gasteiger partial charge >= 0.3 is 0 Å². The summed E-state index contributed by atoms with van der Waals surface area (Å²) in [6.45, 7) is 0.434. The van der Waals surface area contributed by atoms with Crippen molar-refractivity contribution < 1.29 is 9.84 Å². The summed E-state index contributed by atoms with van der Waals surface area (Å²) in [7, 11) is 0. The summed E-state index contributed by atoms with van der Waals surface area (Å²) in [4.78, 5) is 0. The lowest BCUT2D eigenvalue weighted by Crippen LogP contribution is -2.26. The summed E-state index contributed by atoms with van der Waals surface area (Å²) < 4.78 is 5.42. The highest BCUT2D eigenvalue weighted by Gasteiger charge is 2.02. The van der Waals surface area contributed by atoms with Crippen LogP contribution in [0.4, 0.5) is 0 Å². The molecule has 2 aromatic carbocycles. The third kappa shape index (κ3) is 3.32. The average Bonchev–Trinajstić information content (AvgIpc) is 2.46. The van der Waals surface area contributed by atoms with E-state index in [-0.39, 0.29) is 13.2 Å². The van der Waals surface area contributed by atoms with Gasteiger partial charge in [-0.05, 0) is 23.3 Å². The number of rotatable bonds is 5. The predicted octanol–water partition coefficient (Wildman–Crippen LogP) is 2.05. The van der Waals surface area contributed by atoms with Crippen molar-refractivity contribution in [2.24, 2.45) is 5.73 Å². The van der Waals surface area contributed by atoms with E-state index in [1.807, 2.05) is 42.5 Å². The third-order valence-electron chi connectivity index (χ3n) is 2.68. The molecular weight excluding hydrogens is 226 g/mol. The fraction of sp³-hybridized carbons (Fsp3) is 0.200. The van der Waals surface area contributed by atoms with Crippen LogP contribution in [-0.4, -0.2) is 24.4 Å². The summed E-state index contributed by atoms with van der Waals surface area (Å²) in [6, 6.07) is 17.9. The molecule has 18 heavy (non-hydrogen) atoms. The van der Waals surface area contributed by atoms with Crippen LogP contribution in [0.1, 0.15) is 0 Å². The first kappa shape index (κ1) is 12.6. The number of aliphatic hydroxyl groups excluding tert-OH is 1. The van der Waals surface area contributed by atoms with Gasteiger partial charge in [-0.15, -0.1) is 0 Å². The van der Waals surface area contributed by atoms with E-state index in [0.29, 0.717) is 0 Å². The van der Waals surface area contributed by atoms with Crippen LogP contribution in [0, 0.1) is 0 Å². The van der Waals surface area contributed by atoms with E-state index < -0.39 is 6.10 Å². The topological polar surface area (TPSA) is 55.5 Å². The SMILES string of the molecule is NCC(O)COc1ccc(-c2ccccc2)cc1. The van der Waals surface area contributed by atoms with E-state index in [9.17, 15) is 5.11 Å². The quantitative estimate of drug-likeness (QED) is 0.845. The molecule has 0 spiro atoms. The number of ether oxygens (including phenoxy) is 1. The Bertz CT molecular complexity index is 468. The molecule has 3 N–H and O–H groups in total. The van der Waals surface area contributed by atoms with Crippen molar-refractivity contribution in [1.82, 2.24) is 0 Å². The lowest BCUT2D eigenvalue weighted by atomic mass is 10.1. The Morgan fingerprint density at radius 2 is 1.56 bits per heavy atom. The maximum atomic E-state index is 9.30. The number of benzene rings is 2. The summed E-state index contributed by atoms with van der Waals surface area (Å²) in [6.07, 6.45) is -0.612. The first-order chi connectivity index (χ1) is 8.79. The lowest BCUT2D eigenvalue weighted by Gasteiger charge is -2.10. The average molecular weight is 243 g/mol. The molecule has 0 aliphatic rings. The number of hydrogen-bond acceptors (Lipinski definition) is 3. The Balaban J connectivity index is 2.02. The van der Waals surface area contributed by atoms with Crippen molar-refractivity contribution in [1.29, 1.82) is 0 Å². The highest BCUT2D eigenvalue weighted by Crippen LogP contribution is 2.21. The van der Waals surface area contributed by atoms with E-state index in [4.69, 9.17) is 10.5 Å². The van der Waals surface area contributed by atoms with Crippen LogP contribution in [0.2, 0.25) is 0 Å². The molecular formula is C15H17NO2. The Morgan fingerprint density at radius 3 is 2.17 bits per heavy atom. The summed E-state index contributed by atoms with van der Waals surface area (Å²) in [5.41, 5.74) is 7.62. The van der Waals surface area contributed by atoms with Crippen LogP contribution in [0.5, 0.6) is 5.75 Å². The molecule has 3 heteroatoms. The van der Waals surface area contributed by atoms with Gasteiger partial charge in [0.15, 0.2) is 0 Å². The molecule has 0 radical (unpaired) electrons. The van der Waals surface area contributed by atoms with Crippen molar-refractivity contribution >= 4 is 0 Å². The Hall–Kier alpha value is -1.84. The van der Waals surface area contributed by atoms with Gasteiger partial charge in [0.2, 0.25) is 0 Å². The van der Waals surface area contributed by atoms with E-state index in [0.717, 1.165) is 11.3 Å². The smallest absolute Gasteiger partial charge is 0.119 e. The van der Waals surface area contributed by atoms with Gasteiger partial charge in [-0.25, -0.2) is 0 Å². The maximum absolute atomic E-state index is 9.30. The van der Waals surface area contributed by atoms with E-state index in [1.165, 1.54) is 5.56 Å². The first-order valence-corrected chi connectivity index (χ1v) is 5.96. The molecule has 2 aromatic rings. The van der Waals surface area contributed by atoms with Crippen LogP contribution in [0.25, 0.3) is 11.1 Å². The minimum atomic E-state index is -0.612. The van der Waals surface area contributed by atoms with Crippen molar-refractivity contribution in [2.75, 3.05) is 13.2 Å². The van der Waals surface area contributed by atoms with Gasteiger partial charge in [-0.3, -0.25) is 0 Å². The monoisotopic (exact) mass is 243 g/mol. The van der Waals surface area contributed by atoms with Gasteiger partial charge in [-0.2, -0.15) is 0 Å². The van der Waals surface area contributed by atoms with Crippen LogP contribution < -0.4 is 10.5 Å². The zero-order valence-electron chi connectivity index (χ0n) is 10.1. The van der Waals surface area contributed by atoms with Crippen LogP contribution in [0.15, 0.2) is 54.6 Å². The molecule has 94 valence electrons. The largest absolute Gasteiger partial charge is 0.491 e. The van der Waals surface area contributed by atoms with Gasteiger partial charge in [0.1, 0.15) is 18.5 Å². The molecule has 0 saturated heterocycles. The van der Waals surface area contributed by atoms with Gasteiger partial charge in [-0.1, -0.05) is 42.5 Å². The molecule has 0 saturated carbocycles. The summed E-state index contributed by atoms with van der Waals surface area (Å²) in [5, 5.41) is 9.30. The van der Waals surface area contributed by atoms with Crippen molar-refractivity contribution in [3.63, 3.8) is 0 Å². The fourth-order valence-corrected chi connectivity index (χ4v) is 1.63. The molecule has 1 unspecified atom stereocenters. The molecule has 0 aromatic heterocycles. The van der Waals surface area contributed by atoms with Crippen molar-refractivity contribution in [3.05, 3.63) is 54.6 Å². The molecule has 0 aliphatic carbocycles. The minimum absolute atomic E-state index is 0.210. The van der Waals surface area contributed by atoms with Gasteiger partial charge in [0.25, 0.3) is 0 Å². The fourth-order valence-electron chi connectivity index (χ4n) is 1.63. The maximum Gasteiger partial charge on any atom is 0.119 e. The number of hydrogen-bond donors (Lipinski definition) is 2.